The number of hydrogen-bond donors (Lipinski definition) is 2. The van der Waals surface area contributed by atoms with Crippen LogP contribution < -0.4 is 11.1 Å². The van der Waals surface area contributed by atoms with E-state index in [4.69, 9.17) is 15.7 Å². The van der Waals surface area contributed by atoms with Crippen LogP contribution >= 0.6 is 11.8 Å². The molecule has 31 heavy (non-hydrogen) atoms. The number of nitrogens with two attached hydrogens (primary N) is 1. The summed E-state index contributed by atoms with van der Waals surface area (Å²) in [5.74, 6) is -1.19. The fourth-order valence-corrected chi connectivity index (χ4v) is 4.84. The zero-order chi connectivity index (χ0) is 22.2. The second-order valence-electron chi connectivity index (χ2n) is 7.58. The molecule has 0 bridgehead atoms. The number of nitrogens with one attached hydrogen (secondary N) is 1. The van der Waals surface area contributed by atoms with Gasteiger partial charge >= 0.3 is 0 Å². The van der Waals surface area contributed by atoms with Crippen LogP contribution in [0, 0.1) is 17.1 Å². The molecular formula is C21H19F2N5O2S. The van der Waals surface area contributed by atoms with Crippen molar-refractivity contribution in [2.75, 3.05) is 17.7 Å². The van der Waals surface area contributed by atoms with Gasteiger partial charge in [-0.2, -0.15) is 5.26 Å². The molecule has 1 fully saturated rings. The van der Waals surface area contributed by atoms with Gasteiger partial charge in [0.1, 0.15) is 23.1 Å². The van der Waals surface area contributed by atoms with Gasteiger partial charge in [0.05, 0.1) is 18.3 Å². The van der Waals surface area contributed by atoms with E-state index >= 15 is 4.39 Å². The fraction of sp³-hybridized carbons (Fsp3) is 0.333. The van der Waals surface area contributed by atoms with Crippen LogP contribution in [0.4, 0.5) is 14.5 Å². The Labute approximate surface area is 181 Å². The number of rotatable bonds is 3. The number of aliphatic imine (C=N–C) groups is 1. The van der Waals surface area contributed by atoms with E-state index in [1.54, 1.807) is 6.92 Å². The van der Waals surface area contributed by atoms with Crippen molar-refractivity contribution in [1.29, 1.82) is 5.26 Å². The molecular weight excluding hydrogens is 424 g/mol. The third kappa shape index (κ3) is 3.75. The number of aromatic nitrogens is 1. The molecule has 160 valence electrons. The maximum Gasteiger partial charge on any atom is 0.274 e. The molecule has 1 aromatic heterocycles. The Hall–Kier alpha value is -3.03. The molecule has 7 nitrogen and oxygen atoms in total. The predicted octanol–water partition coefficient (Wildman–Crippen LogP) is 3.12. The zero-order valence-corrected chi connectivity index (χ0v) is 17.4. The number of fused-ring (bicyclic) bond motifs is 1. The van der Waals surface area contributed by atoms with Gasteiger partial charge in [-0.05, 0) is 37.3 Å². The van der Waals surface area contributed by atoms with Crippen LogP contribution in [-0.2, 0) is 10.3 Å². The van der Waals surface area contributed by atoms with E-state index in [9.17, 15) is 9.18 Å². The van der Waals surface area contributed by atoms with E-state index in [0.717, 1.165) is 17.8 Å². The number of ether oxygens (including phenoxy) is 1. The summed E-state index contributed by atoms with van der Waals surface area (Å²) in [6.07, 6.45) is 0.975. The number of carbonyl (C=O) groups excluding carboxylic acids is 1. The number of amides is 1. The molecule has 0 radical (unpaired) electrons. The van der Waals surface area contributed by atoms with Crippen LogP contribution in [0.2, 0.25) is 0 Å². The number of thioether (sulfide) groups is 1. The van der Waals surface area contributed by atoms with Crippen LogP contribution in [0.5, 0.6) is 0 Å². The topological polar surface area (TPSA) is 113 Å². The van der Waals surface area contributed by atoms with Crippen molar-refractivity contribution < 1.29 is 18.3 Å². The van der Waals surface area contributed by atoms with Gasteiger partial charge in [-0.25, -0.2) is 18.8 Å². The van der Waals surface area contributed by atoms with Crippen LogP contribution in [0.25, 0.3) is 0 Å². The number of anilines is 1. The second kappa shape index (κ2) is 7.90. The van der Waals surface area contributed by atoms with E-state index in [0.29, 0.717) is 5.56 Å². The summed E-state index contributed by atoms with van der Waals surface area (Å²) in [6, 6.07) is 8.67. The van der Waals surface area contributed by atoms with Gasteiger partial charge in [0.25, 0.3) is 5.91 Å². The van der Waals surface area contributed by atoms with Crippen LogP contribution in [0.1, 0.15) is 35.0 Å². The highest BCUT2D eigenvalue weighted by atomic mass is 32.2. The van der Waals surface area contributed by atoms with Gasteiger partial charge in [0.2, 0.25) is 0 Å². The summed E-state index contributed by atoms with van der Waals surface area (Å²) >= 11 is 1.09. The molecule has 3 atom stereocenters. The minimum absolute atomic E-state index is 0.0290. The SMILES string of the molecule is C[C@H]1C[C@@]2(F)CSC(N)=N[C@@]2(c2cc(NC(=O)c3ccc(C#N)cn3)ccc2F)CO1. The number of pyridine rings is 1. The molecule has 4 rings (SSSR count). The summed E-state index contributed by atoms with van der Waals surface area (Å²) in [5, 5.41) is 11.6. The lowest BCUT2D eigenvalue weighted by atomic mass is 9.72. The Kier molecular flexibility index (Phi) is 5.41. The average molecular weight is 443 g/mol. The van der Waals surface area contributed by atoms with Gasteiger partial charge in [0.15, 0.2) is 10.8 Å². The molecule has 0 unspecified atom stereocenters. The van der Waals surface area contributed by atoms with Crippen molar-refractivity contribution in [3.63, 3.8) is 0 Å². The first-order chi connectivity index (χ1) is 14.8. The number of nitrogens with zero attached hydrogens (tertiary/aromatic N) is 3. The maximum atomic E-state index is 16.1. The highest BCUT2D eigenvalue weighted by molar-refractivity contribution is 8.13. The number of nitriles is 1. The highest BCUT2D eigenvalue weighted by Crippen LogP contribution is 2.51. The number of hydrogen-bond acceptors (Lipinski definition) is 7. The van der Waals surface area contributed by atoms with Gasteiger partial charge < -0.3 is 15.8 Å². The Morgan fingerprint density at radius 1 is 1.42 bits per heavy atom. The second-order valence-corrected chi connectivity index (χ2v) is 8.58. The van der Waals surface area contributed by atoms with Gasteiger partial charge in [0, 0.05) is 29.6 Å². The lowest BCUT2D eigenvalue weighted by Gasteiger charge is -2.49. The third-order valence-corrected chi connectivity index (χ3v) is 6.46. The van der Waals surface area contributed by atoms with Crippen LogP contribution in [0.3, 0.4) is 0 Å². The number of benzene rings is 1. The predicted molar refractivity (Wildman–Crippen MR) is 113 cm³/mol. The third-order valence-electron chi connectivity index (χ3n) is 5.47. The standard InChI is InChI=1S/C21H19F2N5O2S/c1-12-7-20(23)11-31-19(25)28-21(20,10-30-12)15-6-14(3-4-16(15)22)27-18(29)17-5-2-13(8-24)9-26-17/h2-6,9,12H,7,10-11H2,1H3,(H2,25,28)(H,27,29)/t12-,20+,21+/m0/s1. The Morgan fingerprint density at radius 2 is 2.23 bits per heavy atom. The van der Waals surface area contributed by atoms with Gasteiger partial charge in [-0.15, -0.1) is 0 Å². The van der Waals surface area contributed by atoms with Crippen molar-refractivity contribution in [3.8, 4) is 6.07 Å². The summed E-state index contributed by atoms with van der Waals surface area (Å²) in [6.45, 7) is 1.59. The Morgan fingerprint density at radius 3 is 2.94 bits per heavy atom. The molecule has 10 heteroatoms. The lowest BCUT2D eigenvalue weighted by Crippen LogP contribution is -2.60. The number of halogens is 2. The van der Waals surface area contributed by atoms with E-state index < -0.39 is 22.9 Å². The largest absolute Gasteiger partial charge is 0.379 e. The van der Waals surface area contributed by atoms with Crippen molar-refractivity contribution in [1.82, 2.24) is 4.98 Å². The van der Waals surface area contributed by atoms with Crippen molar-refractivity contribution in [2.45, 2.75) is 30.7 Å². The minimum Gasteiger partial charge on any atom is -0.379 e. The Bertz CT molecular complexity index is 1100. The van der Waals surface area contributed by atoms with E-state index in [1.807, 2.05) is 6.07 Å². The highest BCUT2D eigenvalue weighted by Gasteiger charge is 2.60. The van der Waals surface area contributed by atoms with Crippen LogP contribution in [0.15, 0.2) is 41.5 Å². The normalized spacial score (nSPS) is 27.5. The zero-order valence-electron chi connectivity index (χ0n) is 16.6. The monoisotopic (exact) mass is 443 g/mol. The summed E-state index contributed by atoms with van der Waals surface area (Å²) in [5.41, 5.74) is 2.99. The smallest absolute Gasteiger partial charge is 0.274 e. The molecule has 1 aromatic carbocycles. The van der Waals surface area contributed by atoms with Gasteiger partial charge in [-0.1, -0.05) is 11.8 Å². The maximum absolute atomic E-state index is 16.1. The number of carbonyl (C=O) groups is 1. The van der Waals surface area contributed by atoms with Crippen molar-refractivity contribution in [3.05, 3.63) is 59.2 Å². The molecule has 1 amide bonds. The molecule has 2 aromatic rings. The summed E-state index contributed by atoms with van der Waals surface area (Å²) < 4.78 is 36.8. The first-order valence-corrected chi connectivity index (χ1v) is 10.5. The molecule has 3 heterocycles. The molecule has 2 aliphatic heterocycles. The lowest BCUT2D eigenvalue weighted by molar-refractivity contribution is -0.107. The van der Waals surface area contributed by atoms with E-state index in [1.165, 1.54) is 30.5 Å². The molecule has 2 aliphatic rings. The van der Waals surface area contributed by atoms with Crippen molar-refractivity contribution >= 4 is 28.5 Å². The molecule has 0 aliphatic carbocycles. The molecule has 0 spiro atoms. The van der Waals surface area contributed by atoms with Crippen molar-refractivity contribution in [2.24, 2.45) is 10.7 Å². The molecule has 0 saturated carbocycles. The average Bonchev–Trinajstić information content (AvgIpc) is 2.75. The minimum atomic E-state index is -1.86. The summed E-state index contributed by atoms with van der Waals surface area (Å²) in [7, 11) is 0. The number of alkyl halides is 1. The first-order valence-electron chi connectivity index (χ1n) is 9.52. The van der Waals surface area contributed by atoms with Crippen LogP contribution in [-0.4, -0.2) is 40.2 Å². The summed E-state index contributed by atoms with van der Waals surface area (Å²) in [4.78, 5) is 20.8. The molecule has 1 saturated heterocycles. The first kappa shape index (κ1) is 21.2. The van der Waals surface area contributed by atoms with E-state index in [-0.39, 0.29) is 47.0 Å². The van der Waals surface area contributed by atoms with E-state index in [2.05, 4.69) is 15.3 Å². The fourth-order valence-electron chi connectivity index (χ4n) is 3.88. The quantitative estimate of drug-likeness (QED) is 0.754. The Balaban J connectivity index is 1.71. The van der Waals surface area contributed by atoms with Gasteiger partial charge in [-0.3, -0.25) is 4.79 Å². The number of amidine groups is 1. The molecule has 3 N–H and O–H groups in total.